The molecule has 3 aromatic carbocycles. The van der Waals surface area contributed by atoms with Gasteiger partial charge in [-0.3, -0.25) is 14.9 Å². The Balaban J connectivity index is 1.84. The largest absolute Gasteiger partial charge is 0.272 e. The van der Waals surface area contributed by atoms with Gasteiger partial charge in [0, 0.05) is 23.3 Å². The highest BCUT2D eigenvalue weighted by Gasteiger charge is 2.10. The summed E-state index contributed by atoms with van der Waals surface area (Å²) in [7, 11) is 0. The molecule has 0 fully saturated rings. The van der Waals surface area contributed by atoms with Gasteiger partial charge in [-0.15, -0.1) is 0 Å². The average molecular weight is 333 g/mol. The van der Waals surface area contributed by atoms with Gasteiger partial charge in [0.2, 0.25) is 0 Å². The van der Waals surface area contributed by atoms with E-state index in [1.165, 1.54) is 12.1 Å². The van der Waals surface area contributed by atoms with Crippen molar-refractivity contribution in [3.05, 3.63) is 88.0 Å². The van der Waals surface area contributed by atoms with Gasteiger partial charge in [0.1, 0.15) is 0 Å². The van der Waals surface area contributed by atoms with Gasteiger partial charge in [-0.05, 0) is 23.8 Å². The topological polar surface area (TPSA) is 84.6 Å². The molecular weight excluding hydrogens is 318 g/mol. The molecule has 1 amide bonds. The van der Waals surface area contributed by atoms with Crippen LogP contribution in [0.25, 0.3) is 10.8 Å². The Kier molecular flexibility index (Phi) is 4.52. The van der Waals surface area contributed by atoms with Crippen molar-refractivity contribution in [2.24, 2.45) is 5.10 Å². The van der Waals surface area contributed by atoms with Crippen LogP contribution in [0, 0.1) is 10.1 Å². The molecule has 0 spiro atoms. The van der Waals surface area contributed by atoms with Crippen molar-refractivity contribution < 1.29 is 9.72 Å². The molecule has 0 aromatic heterocycles. The van der Waals surface area contributed by atoms with E-state index in [-0.39, 0.29) is 11.6 Å². The molecule has 6 nitrogen and oxygen atoms in total. The van der Waals surface area contributed by atoms with E-state index < -0.39 is 4.92 Å². The second kappa shape index (κ2) is 6.92. The van der Waals surface area contributed by atoms with Crippen LogP contribution in [0.3, 0.4) is 0 Å². The Morgan fingerprint density at radius 1 is 1.04 bits per heavy atom. The van der Waals surface area contributed by atoms with Crippen LogP contribution in [-0.4, -0.2) is 16.5 Å². The number of hydrogen-bond donors (Lipinski definition) is 1. The summed E-state index contributed by atoms with van der Waals surface area (Å²) in [6.07, 6.45) is 0. The Morgan fingerprint density at radius 3 is 2.56 bits per heavy atom. The lowest BCUT2D eigenvalue weighted by Gasteiger charge is -2.06. The highest BCUT2D eigenvalue weighted by Crippen LogP contribution is 2.18. The van der Waals surface area contributed by atoms with Crippen molar-refractivity contribution in [2.75, 3.05) is 0 Å². The molecule has 25 heavy (non-hydrogen) atoms. The number of carbonyl (C=O) groups is 1. The summed E-state index contributed by atoms with van der Waals surface area (Å²) < 4.78 is 0. The summed E-state index contributed by atoms with van der Waals surface area (Å²) in [5, 5.41) is 16.7. The molecule has 0 aliphatic carbocycles. The van der Waals surface area contributed by atoms with Crippen LogP contribution in [0.5, 0.6) is 0 Å². The van der Waals surface area contributed by atoms with E-state index in [2.05, 4.69) is 10.5 Å². The van der Waals surface area contributed by atoms with Crippen LogP contribution in [0.1, 0.15) is 22.8 Å². The molecule has 1 N–H and O–H groups in total. The van der Waals surface area contributed by atoms with Crippen molar-refractivity contribution in [3.8, 4) is 0 Å². The molecule has 0 atom stereocenters. The summed E-state index contributed by atoms with van der Waals surface area (Å²) in [6.45, 7) is 1.68. The quantitative estimate of drug-likeness (QED) is 0.446. The number of non-ortho nitro benzene ring substituents is 1. The number of nitrogens with zero attached hydrogens (tertiary/aromatic N) is 2. The molecule has 3 rings (SSSR count). The minimum atomic E-state index is -0.467. The van der Waals surface area contributed by atoms with E-state index in [0.717, 1.165) is 10.8 Å². The summed E-state index contributed by atoms with van der Waals surface area (Å²) in [6, 6.07) is 19.2. The first-order valence-electron chi connectivity index (χ1n) is 7.63. The fourth-order valence-electron chi connectivity index (χ4n) is 2.53. The number of amides is 1. The zero-order valence-corrected chi connectivity index (χ0v) is 13.5. The van der Waals surface area contributed by atoms with E-state index in [0.29, 0.717) is 16.8 Å². The predicted molar refractivity (Wildman–Crippen MR) is 96.7 cm³/mol. The number of carbonyl (C=O) groups excluding carboxylic acids is 1. The summed E-state index contributed by atoms with van der Waals surface area (Å²) in [4.78, 5) is 22.8. The van der Waals surface area contributed by atoms with E-state index >= 15 is 0 Å². The fraction of sp³-hybridized carbons (Fsp3) is 0.0526. The van der Waals surface area contributed by atoms with Crippen molar-refractivity contribution >= 4 is 28.1 Å². The molecule has 0 unspecified atom stereocenters. The number of hydrazone groups is 1. The maximum absolute atomic E-state index is 12.4. The van der Waals surface area contributed by atoms with Crippen molar-refractivity contribution in [2.45, 2.75) is 6.92 Å². The molecule has 6 heteroatoms. The van der Waals surface area contributed by atoms with Gasteiger partial charge in [-0.1, -0.05) is 48.5 Å². The first-order chi connectivity index (χ1) is 12.1. The van der Waals surface area contributed by atoms with E-state index in [1.54, 1.807) is 25.1 Å². The van der Waals surface area contributed by atoms with Gasteiger partial charge in [0.15, 0.2) is 0 Å². The van der Waals surface area contributed by atoms with E-state index in [9.17, 15) is 14.9 Å². The molecule has 0 heterocycles. The third-order valence-electron chi connectivity index (χ3n) is 3.83. The van der Waals surface area contributed by atoms with Crippen LogP contribution in [0.2, 0.25) is 0 Å². The molecule has 0 radical (unpaired) electrons. The number of nitro benzene ring substituents is 1. The smallest absolute Gasteiger partial charge is 0.267 e. The highest BCUT2D eigenvalue weighted by atomic mass is 16.6. The van der Waals surface area contributed by atoms with Gasteiger partial charge < -0.3 is 0 Å². The summed E-state index contributed by atoms with van der Waals surface area (Å²) in [5.74, 6) is -0.332. The average Bonchev–Trinajstić information content (AvgIpc) is 2.65. The van der Waals surface area contributed by atoms with Crippen LogP contribution >= 0.6 is 0 Å². The molecule has 0 aliphatic heterocycles. The molecule has 3 aromatic rings. The zero-order chi connectivity index (χ0) is 17.8. The number of rotatable bonds is 4. The van der Waals surface area contributed by atoms with E-state index in [4.69, 9.17) is 0 Å². The maximum Gasteiger partial charge on any atom is 0.272 e. The Morgan fingerprint density at radius 2 is 1.76 bits per heavy atom. The first kappa shape index (κ1) is 16.3. The minimum Gasteiger partial charge on any atom is -0.267 e. The van der Waals surface area contributed by atoms with E-state index in [1.807, 2.05) is 36.4 Å². The van der Waals surface area contributed by atoms with Gasteiger partial charge in [-0.2, -0.15) is 5.10 Å². The third-order valence-corrected chi connectivity index (χ3v) is 3.83. The zero-order valence-electron chi connectivity index (χ0n) is 13.5. The number of nitro groups is 1. The lowest BCUT2D eigenvalue weighted by atomic mass is 10.0. The maximum atomic E-state index is 12.4. The normalized spacial score (nSPS) is 11.3. The van der Waals surface area contributed by atoms with Gasteiger partial charge in [0.05, 0.1) is 10.6 Å². The number of fused-ring (bicyclic) bond motifs is 1. The second-order valence-corrected chi connectivity index (χ2v) is 5.47. The minimum absolute atomic E-state index is 0.0209. The molecule has 0 bridgehead atoms. The van der Waals surface area contributed by atoms with Crippen molar-refractivity contribution in [3.63, 3.8) is 0 Å². The molecular formula is C19H15N3O3. The lowest BCUT2D eigenvalue weighted by Crippen LogP contribution is -2.19. The number of nitrogens with one attached hydrogen (secondary N) is 1. The van der Waals surface area contributed by atoms with Crippen molar-refractivity contribution in [1.29, 1.82) is 0 Å². The van der Waals surface area contributed by atoms with Crippen molar-refractivity contribution in [1.82, 2.24) is 5.43 Å². The third kappa shape index (κ3) is 3.53. The van der Waals surface area contributed by atoms with Crippen LogP contribution in [0.15, 0.2) is 71.8 Å². The van der Waals surface area contributed by atoms with Crippen LogP contribution < -0.4 is 5.43 Å². The lowest BCUT2D eigenvalue weighted by molar-refractivity contribution is -0.384. The Bertz CT molecular complexity index is 991. The number of benzene rings is 3. The molecule has 124 valence electrons. The van der Waals surface area contributed by atoms with Gasteiger partial charge in [0.25, 0.3) is 11.6 Å². The Labute approximate surface area is 143 Å². The highest BCUT2D eigenvalue weighted by molar-refractivity contribution is 6.08. The number of hydrogen-bond acceptors (Lipinski definition) is 4. The fourth-order valence-corrected chi connectivity index (χ4v) is 2.53. The molecule has 0 aliphatic rings. The molecule has 0 saturated carbocycles. The van der Waals surface area contributed by atoms with Crippen LogP contribution in [-0.2, 0) is 0 Å². The Hall–Kier alpha value is -3.54. The summed E-state index contributed by atoms with van der Waals surface area (Å²) >= 11 is 0. The summed E-state index contributed by atoms with van der Waals surface area (Å²) in [5.41, 5.74) is 4.08. The second-order valence-electron chi connectivity index (χ2n) is 5.47. The standard InChI is InChI=1S/C19H15N3O3/c1-13(15-8-4-9-16(12-15)22(24)25)20-21-19(23)18-11-5-7-14-6-2-3-10-17(14)18/h2-12H,1H3,(H,21,23). The SMILES string of the molecule is CC(=NNC(=O)c1cccc2ccccc12)c1cccc([N+](=O)[O-])c1. The molecule has 0 saturated heterocycles. The van der Waals surface area contributed by atoms with Crippen LogP contribution in [0.4, 0.5) is 5.69 Å². The predicted octanol–water partition coefficient (Wildman–Crippen LogP) is 3.90. The monoisotopic (exact) mass is 333 g/mol. The van der Waals surface area contributed by atoms with Gasteiger partial charge >= 0.3 is 0 Å². The first-order valence-corrected chi connectivity index (χ1v) is 7.63. The van der Waals surface area contributed by atoms with Gasteiger partial charge in [-0.25, -0.2) is 5.43 Å².